The standard InChI is InChI=1S/C26H29N5O3S/c1-19-28-22-8-2-3-10-24(22)35(19)34-18-21(32)16-30-12-14-31(15-13-30)17-25(33)29-23-9-4-6-20-7-5-11-27-26(20)23/h2-11,21,32H,12-18H2,1H3/p+1/t21-,35?/m1/s1. The molecule has 9 heteroatoms. The number of piperazine rings is 1. The highest BCUT2D eigenvalue weighted by atomic mass is 32.2. The van der Waals surface area contributed by atoms with Gasteiger partial charge in [-0.3, -0.25) is 19.6 Å². The average Bonchev–Trinajstić information content (AvgIpc) is 3.19. The number of aliphatic hydroxyl groups is 1. The van der Waals surface area contributed by atoms with Gasteiger partial charge >= 0.3 is 0 Å². The van der Waals surface area contributed by atoms with Crippen LogP contribution < -0.4 is 9.50 Å². The molecule has 8 nitrogen and oxygen atoms in total. The van der Waals surface area contributed by atoms with Gasteiger partial charge in [0.25, 0.3) is 5.01 Å². The first-order valence-corrected chi connectivity index (χ1v) is 13.0. The van der Waals surface area contributed by atoms with Crippen LogP contribution in [0.4, 0.5) is 5.69 Å². The van der Waals surface area contributed by atoms with Gasteiger partial charge in [-0.15, -0.1) is 4.18 Å². The van der Waals surface area contributed by atoms with Gasteiger partial charge in [0.05, 0.1) is 23.9 Å². The molecule has 0 saturated carbocycles. The summed E-state index contributed by atoms with van der Waals surface area (Å²) in [7, 11) is -0.498. The molecule has 2 aromatic carbocycles. The maximum Gasteiger partial charge on any atom is 0.276 e. The zero-order valence-electron chi connectivity index (χ0n) is 19.8. The fraction of sp³-hybridized carbons (Fsp3) is 0.346. The van der Waals surface area contributed by atoms with Crippen molar-refractivity contribution >= 4 is 43.5 Å². The summed E-state index contributed by atoms with van der Waals surface area (Å²) in [4.78, 5) is 26.0. The number of aromatic nitrogens is 2. The molecule has 35 heavy (non-hydrogen) atoms. The number of benzene rings is 2. The number of nitrogens with one attached hydrogen (secondary N) is 1. The third-order valence-corrected chi connectivity index (χ3v) is 7.94. The molecular weight excluding hydrogens is 462 g/mol. The van der Waals surface area contributed by atoms with Crippen molar-refractivity contribution in [1.82, 2.24) is 19.8 Å². The molecule has 0 radical (unpaired) electrons. The van der Waals surface area contributed by atoms with E-state index in [1.165, 1.54) is 0 Å². The third-order valence-electron chi connectivity index (χ3n) is 6.20. The fourth-order valence-corrected chi connectivity index (χ4v) is 6.05. The SMILES string of the molecule is Cc1nc2ccccc2[s+]1OC[C@H](O)CN1CCN(CC(=O)Nc2cccc3cccnc23)CC1. The molecule has 1 aliphatic heterocycles. The summed E-state index contributed by atoms with van der Waals surface area (Å²) in [5.74, 6) is -0.0418. The second-order valence-electron chi connectivity index (χ2n) is 8.81. The molecule has 1 amide bonds. The molecule has 2 aromatic heterocycles. The molecule has 1 unspecified atom stereocenters. The van der Waals surface area contributed by atoms with Crippen LogP contribution in [0.25, 0.3) is 21.1 Å². The number of aliphatic hydroxyl groups excluding tert-OH is 1. The summed E-state index contributed by atoms with van der Waals surface area (Å²) < 4.78 is 7.14. The highest BCUT2D eigenvalue weighted by Gasteiger charge is 2.25. The largest absolute Gasteiger partial charge is 0.389 e. The van der Waals surface area contributed by atoms with E-state index in [0.29, 0.717) is 13.1 Å². The first-order valence-electron chi connectivity index (χ1n) is 11.8. The summed E-state index contributed by atoms with van der Waals surface area (Å²) in [6, 6.07) is 17.7. The van der Waals surface area contributed by atoms with Gasteiger partial charge in [-0.05, 0) is 18.2 Å². The van der Waals surface area contributed by atoms with E-state index < -0.39 is 16.9 Å². The summed E-state index contributed by atoms with van der Waals surface area (Å²) in [6.07, 6.45) is 1.16. The number of aryl methyl sites for hydroxylation is 1. The van der Waals surface area contributed by atoms with Crippen LogP contribution in [-0.2, 0) is 4.79 Å². The van der Waals surface area contributed by atoms with E-state index in [9.17, 15) is 9.90 Å². The second-order valence-corrected chi connectivity index (χ2v) is 10.6. The van der Waals surface area contributed by atoms with E-state index in [-0.39, 0.29) is 12.5 Å². The lowest BCUT2D eigenvalue weighted by atomic mass is 10.2. The maximum atomic E-state index is 12.6. The number of hydrogen-bond donors (Lipinski definition) is 2. The molecule has 0 aliphatic carbocycles. The van der Waals surface area contributed by atoms with E-state index in [4.69, 9.17) is 4.18 Å². The lowest BCUT2D eigenvalue weighted by Crippen LogP contribution is -2.50. The number of carbonyl (C=O) groups is 1. The maximum absolute atomic E-state index is 12.6. The van der Waals surface area contributed by atoms with Crippen molar-refractivity contribution in [3.63, 3.8) is 0 Å². The monoisotopic (exact) mass is 492 g/mol. The highest BCUT2D eigenvalue weighted by Crippen LogP contribution is 2.31. The Morgan fingerprint density at radius 3 is 2.71 bits per heavy atom. The molecular formula is C26H30N5O3S+. The molecule has 0 bridgehead atoms. The zero-order valence-corrected chi connectivity index (χ0v) is 20.6. The van der Waals surface area contributed by atoms with E-state index in [1.54, 1.807) is 6.20 Å². The number of β-amino-alcohol motifs (C(OH)–C–C–N with tert-alkyl or cyclic N) is 1. The average molecular weight is 493 g/mol. The minimum Gasteiger partial charge on any atom is -0.389 e. The summed E-state index contributed by atoms with van der Waals surface area (Å²) in [5.41, 5.74) is 2.49. The Morgan fingerprint density at radius 2 is 1.86 bits per heavy atom. The van der Waals surface area contributed by atoms with Crippen LogP contribution in [-0.4, -0.2) is 82.8 Å². The smallest absolute Gasteiger partial charge is 0.276 e. The lowest BCUT2D eigenvalue weighted by Gasteiger charge is -2.35. The topological polar surface area (TPSA) is 90.8 Å². The number of fused-ring (bicyclic) bond motifs is 2. The molecule has 1 fully saturated rings. The fourth-order valence-electron chi connectivity index (χ4n) is 4.45. The van der Waals surface area contributed by atoms with Crippen LogP contribution in [0, 0.1) is 6.92 Å². The Morgan fingerprint density at radius 1 is 1.09 bits per heavy atom. The van der Waals surface area contributed by atoms with Crippen LogP contribution in [0.5, 0.6) is 0 Å². The van der Waals surface area contributed by atoms with Crippen molar-refractivity contribution in [2.45, 2.75) is 13.0 Å². The van der Waals surface area contributed by atoms with Gasteiger partial charge in [0.15, 0.2) is 10.8 Å². The van der Waals surface area contributed by atoms with E-state index in [1.807, 2.05) is 61.5 Å². The first-order chi connectivity index (χ1) is 17.1. The predicted octanol–water partition coefficient (Wildman–Crippen LogP) is 2.89. The highest BCUT2D eigenvalue weighted by molar-refractivity contribution is 7.32. The minimum absolute atomic E-state index is 0.0418. The van der Waals surface area contributed by atoms with E-state index >= 15 is 0 Å². The van der Waals surface area contributed by atoms with E-state index in [0.717, 1.165) is 58.0 Å². The molecule has 5 rings (SSSR count). The van der Waals surface area contributed by atoms with Gasteiger partial charge in [-0.1, -0.05) is 30.3 Å². The normalized spacial score (nSPS) is 16.6. The molecule has 0 spiro atoms. The van der Waals surface area contributed by atoms with Gasteiger partial charge in [0.2, 0.25) is 10.6 Å². The molecule has 3 heterocycles. The van der Waals surface area contributed by atoms with Crippen molar-refractivity contribution < 1.29 is 14.1 Å². The molecule has 4 aromatic rings. The van der Waals surface area contributed by atoms with Crippen molar-refractivity contribution in [2.24, 2.45) is 0 Å². The van der Waals surface area contributed by atoms with Gasteiger partial charge < -0.3 is 10.4 Å². The Balaban J connectivity index is 1.07. The zero-order chi connectivity index (χ0) is 24.2. The number of hydrogen-bond acceptors (Lipinski definition) is 7. The van der Waals surface area contributed by atoms with Gasteiger partial charge in [-0.25, -0.2) is 0 Å². The van der Waals surface area contributed by atoms with Crippen molar-refractivity contribution in [2.75, 3.05) is 51.2 Å². The molecule has 2 N–H and O–H groups in total. The summed E-state index contributed by atoms with van der Waals surface area (Å²) in [6.45, 7) is 6.29. The Kier molecular flexibility index (Phi) is 7.31. The molecule has 1 saturated heterocycles. The number of pyridine rings is 1. The Labute approximate surface area is 207 Å². The Hall–Kier alpha value is -2.95. The number of carbonyl (C=O) groups excluding carboxylic acids is 1. The summed E-state index contributed by atoms with van der Waals surface area (Å²) in [5, 5.41) is 15.5. The number of amides is 1. The number of nitrogens with zero attached hydrogens (tertiary/aromatic N) is 4. The number of para-hydroxylation sites is 2. The van der Waals surface area contributed by atoms with Gasteiger partial charge in [-0.2, -0.15) is 4.98 Å². The molecule has 2 atom stereocenters. The van der Waals surface area contributed by atoms with Crippen LogP contribution in [0.15, 0.2) is 60.8 Å². The van der Waals surface area contributed by atoms with Crippen molar-refractivity contribution in [3.05, 3.63) is 65.8 Å². The van der Waals surface area contributed by atoms with Gasteiger partial charge in [0.1, 0.15) is 12.1 Å². The van der Waals surface area contributed by atoms with Crippen LogP contribution in [0.2, 0.25) is 0 Å². The van der Waals surface area contributed by atoms with Crippen molar-refractivity contribution in [1.29, 1.82) is 0 Å². The summed E-state index contributed by atoms with van der Waals surface area (Å²) >= 11 is 0. The van der Waals surface area contributed by atoms with Crippen LogP contribution in [0.3, 0.4) is 0 Å². The van der Waals surface area contributed by atoms with Crippen LogP contribution in [0.1, 0.15) is 5.01 Å². The van der Waals surface area contributed by atoms with Crippen LogP contribution >= 0.6 is 10.8 Å². The minimum atomic E-state index is -0.572. The quantitative estimate of drug-likeness (QED) is 0.366. The molecule has 182 valence electrons. The van der Waals surface area contributed by atoms with Gasteiger partial charge in [0, 0.05) is 57.3 Å². The number of rotatable bonds is 8. The lowest BCUT2D eigenvalue weighted by molar-refractivity contribution is -0.117. The number of thiazole rings is 1. The first kappa shape index (κ1) is 23.8. The predicted molar refractivity (Wildman–Crippen MR) is 140 cm³/mol. The second kappa shape index (κ2) is 10.8. The third kappa shape index (κ3) is 5.66. The van der Waals surface area contributed by atoms with E-state index in [2.05, 4.69) is 25.1 Å². The van der Waals surface area contributed by atoms with Crippen molar-refractivity contribution in [3.8, 4) is 0 Å². The Bertz CT molecular complexity index is 1310. The molecule has 1 aliphatic rings. The number of anilines is 1.